The van der Waals surface area contributed by atoms with Crippen molar-refractivity contribution in [3.05, 3.63) is 57.5 Å². The van der Waals surface area contributed by atoms with E-state index in [1.54, 1.807) is 4.90 Å². The van der Waals surface area contributed by atoms with Gasteiger partial charge in [-0.05, 0) is 72.3 Å². The molecule has 1 aromatic carbocycles. The van der Waals surface area contributed by atoms with Crippen molar-refractivity contribution >= 4 is 29.7 Å². The molecule has 27 heavy (non-hydrogen) atoms. The number of hydrogen-bond acceptors (Lipinski definition) is 3. The summed E-state index contributed by atoms with van der Waals surface area (Å²) in [6, 6.07) is 3.57. The zero-order chi connectivity index (χ0) is 18.3. The highest BCUT2D eigenvalue weighted by Crippen LogP contribution is 2.56. The van der Waals surface area contributed by atoms with Crippen LogP contribution in [0, 0.1) is 22.9 Å². The van der Waals surface area contributed by atoms with Gasteiger partial charge < -0.3 is 10.2 Å². The molecule has 0 bridgehead atoms. The smallest absolute Gasteiger partial charge is 0.254 e. The lowest BCUT2D eigenvalue weighted by Gasteiger charge is -2.29. The summed E-state index contributed by atoms with van der Waals surface area (Å²) >= 11 is 1.54. The fourth-order valence-corrected chi connectivity index (χ4v) is 4.64. The third kappa shape index (κ3) is 3.86. The second-order valence-electron chi connectivity index (χ2n) is 7.15. The van der Waals surface area contributed by atoms with Gasteiger partial charge in [0.2, 0.25) is 0 Å². The van der Waals surface area contributed by atoms with E-state index in [1.807, 2.05) is 16.8 Å². The van der Waals surface area contributed by atoms with Gasteiger partial charge >= 0.3 is 0 Å². The molecule has 1 aliphatic heterocycles. The van der Waals surface area contributed by atoms with Crippen LogP contribution in [-0.2, 0) is 6.54 Å². The van der Waals surface area contributed by atoms with Crippen LogP contribution in [0.5, 0.6) is 0 Å². The van der Waals surface area contributed by atoms with E-state index in [0.717, 1.165) is 50.0 Å². The van der Waals surface area contributed by atoms with Crippen molar-refractivity contribution in [1.82, 2.24) is 10.2 Å². The average molecular weight is 417 g/mol. The molecular weight excluding hydrogens is 397 g/mol. The van der Waals surface area contributed by atoms with Gasteiger partial charge in [-0.2, -0.15) is 11.3 Å². The predicted octanol–water partition coefficient (Wildman–Crippen LogP) is 4.37. The highest BCUT2D eigenvalue weighted by molar-refractivity contribution is 7.07. The number of nitrogens with one attached hydrogen (secondary N) is 1. The van der Waals surface area contributed by atoms with Crippen molar-refractivity contribution in [1.29, 1.82) is 0 Å². The molecule has 1 unspecified atom stereocenters. The molecule has 2 aliphatic rings. The highest BCUT2D eigenvalue weighted by Gasteiger charge is 2.57. The molecular formula is C19H20ClF3N2OS. The Morgan fingerprint density at radius 3 is 2.48 bits per heavy atom. The molecule has 2 aromatic rings. The normalized spacial score (nSPS) is 20.2. The number of halogens is 4. The van der Waals surface area contributed by atoms with E-state index < -0.39 is 23.4 Å². The Labute approximate surface area is 166 Å². The Morgan fingerprint density at radius 2 is 1.89 bits per heavy atom. The Bertz CT molecular complexity index is 801. The molecule has 1 amide bonds. The van der Waals surface area contributed by atoms with E-state index >= 15 is 0 Å². The topological polar surface area (TPSA) is 32.3 Å². The second-order valence-corrected chi connectivity index (χ2v) is 7.93. The van der Waals surface area contributed by atoms with Crippen molar-refractivity contribution in [2.24, 2.45) is 5.41 Å². The fourth-order valence-electron chi connectivity index (χ4n) is 3.98. The van der Waals surface area contributed by atoms with Crippen LogP contribution in [0.2, 0.25) is 0 Å². The van der Waals surface area contributed by atoms with Gasteiger partial charge in [-0.3, -0.25) is 4.79 Å². The zero-order valence-electron chi connectivity index (χ0n) is 14.5. The Morgan fingerprint density at radius 1 is 1.22 bits per heavy atom. The van der Waals surface area contributed by atoms with Gasteiger partial charge in [0.1, 0.15) is 0 Å². The summed E-state index contributed by atoms with van der Waals surface area (Å²) in [6.45, 7) is 2.22. The quantitative estimate of drug-likeness (QED) is 0.750. The van der Waals surface area contributed by atoms with Crippen LogP contribution in [-0.4, -0.2) is 29.9 Å². The first-order valence-corrected chi connectivity index (χ1v) is 9.62. The first-order chi connectivity index (χ1) is 12.5. The Kier molecular flexibility index (Phi) is 5.84. The number of hydrogen-bond donors (Lipinski definition) is 1. The molecule has 1 saturated heterocycles. The lowest BCUT2D eigenvalue weighted by Crippen LogP contribution is -2.39. The Balaban J connectivity index is 0.00000210. The van der Waals surface area contributed by atoms with Gasteiger partial charge in [0.15, 0.2) is 17.5 Å². The van der Waals surface area contributed by atoms with Crippen LogP contribution in [0.3, 0.4) is 0 Å². The van der Waals surface area contributed by atoms with E-state index in [9.17, 15) is 18.0 Å². The minimum absolute atomic E-state index is 0. The molecule has 0 radical (unpaired) electrons. The van der Waals surface area contributed by atoms with Crippen LogP contribution in [0.1, 0.15) is 35.2 Å². The number of nitrogens with zero attached hydrogens (tertiary/aromatic N) is 1. The number of amides is 1. The first-order valence-electron chi connectivity index (χ1n) is 8.67. The van der Waals surface area contributed by atoms with Gasteiger partial charge in [0.05, 0.1) is 0 Å². The molecule has 1 N–H and O–H groups in total. The van der Waals surface area contributed by atoms with Crippen LogP contribution in [0.15, 0.2) is 29.0 Å². The molecule has 1 aliphatic carbocycles. The van der Waals surface area contributed by atoms with Crippen molar-refractivity contribution in [3.63, 3.8) is 0 Å². The Hall–Kier alpha value is -1.57. The summed E-state index contributed by atoms with van der Waals surface area (Å²) in [5.74, 6) is -4.67. The van der Waals surface area contributed by atoms with Gasteiger partial charge in [0, 0.05) is 18.2 Å². The van der Waals surface area contributed by atoms with Gasteiger partial charge in [-0.15, -0.1) is 12.4 Å². The summed E-state index contributed by atoms with van der Waals surface area (Å²) in [6.07, 6.45) is 2.87. The SMILES string of the molecule is Cl.O=C(c1cc(F)c(F)c(F)c1)N(Cc1ccsc1)C1CC12CCNCC2. The third-order valence-corrected chi connectivity index (χ3v) is 6.28. The maximum absolute atomic E-state index is 13.6. The standard InChI is InChI=1S/C19H19F3N2OS.ClH/c20-14-7-13(8-15(21)17(14)22)18(25)24(10-12-1-6-26-11-12)16-9-19(16)2-4-23-5-3-19;/h1,6-8,11,16,23H,2-5,9-10H2;1H. The van der Waals surface area contributed by atoms with Crippen LogP contribution in [0.4, 0.5) is 13.2 Å². The summed E-state index contributed by atoms with van der Waals surface area (Å²) in [4.78, 5) is 14.8. The number of thiophene rings is 1. The van der Waals surface area contributed by atoms with Crippen LogP contribution < -0.4 is 5.32 Å². The van der Waals surface area contributed by atoms with E-state index in [1.165, 1.54) is 11.3 Å². The van der Waals surface area contributed by atoms with E-state index in [-0.39, 0.29) is 29.4 Å². The van der Waals surface area contributed by atoms with Crippen LogP contribution in [0.25, 0.3) is 0 Å². The highest BCUT2D eigenvalue weighted by atomic mass is 35.5. The summed E-state index contributed by atoms with van der Waals surface area (Å²) < 4.78 is 40.5. The largest absolute Gasteiger partial charge is 0.331 e. The lowest BCUT2D eigenvalue weighted by atomic mass is 9.93. The monoisotopic (exact) mass is 416 g/mol. The number of benzene rings is 1. The molecule has 1 saturated carbocycles. The average Bonchev–Trinajstić information content (AvgIpc) is 3.06. The molecule has 8 heteroatoms. The first kappa shape index (κ1) is 20.2. The van der Waals surface area contributed by atoms with Crippen LogP contribution >= 0.6 is 23.7 Å². The molecule has 2 heterocycles. The fraction of sp³-hybridized carbons (Fsp3) is 0.421. The number of piperidine rings is 1. The summed E-state index contributed by atoms with van der Waals surface area (Å²) in [5.41, 5.74) is 0.934. The number of rotatable bonds is 4. The third-order valence-electron chi connectivity index (χ3n) is 5.55. The van der Waals surface area contributed by atoms with Crippen molar-refractivity contribution in [2.45, 2.75) is 31.8 Å². The summed E-state index contributed by atoms with van der Waals surface area (Å²) in [5, 5.41) is 7.22. The molecule has 1 aromatic heterocycles. The van der Waals surface area contributed by atoms with Gasteiger partial charge in [-0.25, -0.2) is 13.2 Å². The van der Waals surface area contributed by atoms with E-state index in [2.05, 4.69) is 5.32 Å². The van der Waals surface area contributed by atoms with Crippen molar-refractivity contribution in [2.75, 3.05) is 13.1 Å². The van der Waals surface area contributed by atoms with Crippen molar-refractivity contribution < 1.29 is 18.0 Å². The minimum Gasteiger partial charge on any atom is -0.331 e. The lowest BCUT2D eigenvalue weighted by molar-refractivity contribution is 0.0691. The second kappa shape index (κ2) is 7.81. The maximum atomic E-state index is 13.6. The molecule has 146 valence electrons. The maximum Gasteiger partial charge on any atom is 0.254 e. The van der Waals surface area contributed by atoms with Crippen molar-refractivity contribution in [3.8, 4) is 0 Å². The predicted molar refractivity (Wildman–Crippen MR) is 101 cm³/mol. The number of carbonyl (C=O) groups excluding carboxylic acids is 1. The van der Waals surface area contributed by atoms with Gasteiger partial charge in [0.25, 0.3) is 5.91 Å². The zero-order valence-corrected chi connectivity index (χ0v) is 16.1. The number of carbonyl (C=O) groups is 1. The minimum atomic E-state index is -1.55. The molecule has 2 fully saturated rings. The molecule has 4 rings (SSSR count). The van der Waals surface area contributed by atoms with E-state index in [4.69, 9.17) is 0 Å². The van der Waals surface area contributed by atoms with Gasteiger partial charge in [-0.1, -0.05) is 0 Å². The summed E-state index contributed by atoms with van der Waals surface area (Å²) in [7, 11) is 0. The molecule has 3 nitrogen and oxygen atoms in total. The molecule has 1 atom stereocenters. The molecule has 1 spiro atoms. The van der Waals surface area contributed by atoms with E-state index in [0.29, 0.717) is 6.54 Å².